The molecule has 3 nitrogen and oxygen atoms in total. The molecule has 2 N–H and O–H groups in total. The van der Waals surface area contributed by atoms with Crippen LogP contribution in [0.5, 0.6) is 5.75 Å². The van der Waals surface area contributed by atoms with Gasteiger partial charge in [0.25, 0.3) is 0 Å². The highest BCUT2D eigenvalue weighted by atomic mass is 32.2. The highest BCUT2D eigenvalue weighted by Crippen LogP contribution is 2.09. The molecule has 0 saturated carbocycles. The molecule has 94 valence electrons. The zero-order chi connectivity index (χ0) is 12.5. The summed E-state index contributed by atoms with van der Waals surface area (Å²) in [5.41, 5.74) is 1.12. The molecular formula is C13H19NO2S. The number of aromatic hydroxyl groups is 1. The summed E-state index contributed by atoms with van der Waals surface area (Å²) in [5, 5.41) is 12.0. The van der Waals surface area contributed by atoms with Crippen LogP contribution in [0.25, 0.3) is 0 Å². The van der Waals surface area contributed by atoms with Crippen LogP contribution in [0.3, 0.4) is 0 Å². The Hall–Kier alpha value is -1.16. The largest absolute Gasteiger partial charge is 0.508 e. The third-order valence-electron chi connectivity index (χ3n) is 2.42. The van der Waals surface area contributed by atoms with E-state index < -0.39 is 0 Å². The summed E-state index contributed by atoms with van der Waals surface area (Å²) in [6.07, 6.45) is 4.39. The Morgan fingerprint density at radius 2 is 2.06 bits per heavy atom. The van der Waals surface area contributed by atoms with Gasteiger partial charge in [-0.2, -0.15) is 11.8 Å². The minimum atomic E-state index is 0.123. The number of hydrogen-bond donors (Lipinski definition) is 2. The standard InChI is InChI=1S/C13H19NO2S/c1-17-10-2-3-13(16)14-9-8-11-4-6-12(15)7-5-11/h4-7,15H,2-3,8-10H2,1H3,(H,14,16). The van der Waals surface area contributed by atoms with Crippen molar-refractivity contribution in [3.63, 3.8) is 0 Å². The number of benzene rings is 1. The van der Waals surface area contributed by atoms with E-state index >= 15 is 0 Å². The lowest BCUT2D eigenvalue weighted by atomic mass is 10.1. The van der Waals surface area contributed by atoms with Gasteiger partial charge in [0.2, 0.25) is 5.91 Å². The van der Waals surface area contributed by atoms with Gasteiger partial charge < -0.3 is 10.4 Å². The van der Waals surface area contributed by atoms with Crippen LogP contribution < -0.4 is 5.32 Å². The molecule has 1 aromatic carbocycles. The number of phenols is 1. The van der Waals surface area contributed by atoms with Crippen LogP contribution in [0.2, 0.25) is 0 Å². The lowest BCUT2D eigenvalue weighted by Gasteiger charge is -2.05. The van der Waals surface area contributed by atoms with Crippen molar-refractivity contribution in [3.05, 3.63) is 29.8 Å². The first-order valence-corrected chi connectivity index (χ1v) is 7.15. The first-order chi connectivity index (χ1) is 8.22. The molecule has 0 fully saturated rings. The number of amides is 1. The maximum Gasteiger partial charge on any atom is 0.220 e. The lowest BCUT2D eigenvalue weighted by molar-refractivity contribution is -0.121. The Morgan fingerprint density at radius 3 is 2.71 bits per heavy atom. The van der Waals surface area contributed by atoms with E-state index in [4.69, 9.17) is 5.11 Å². The van der Waals surface area contributed by atoms with E-state index in [0.717, 1.165) is 24.2 Å². The molecule has 0 saturated heterocycles. The van der Waals surface area contributed by atoms with Crippen molar-refractivity contribution < 1.29 is 9.90 Å². The van der Waals surface area contributed by atoms with Gasteiger partial charge in [-0.3, -0.25) is 4.79 Å². The summed E-state index contributed by atoms with van der Waals surface area (Å²) in [5.74, 6) is 1.43. The Bertz CT molecular complexity index is 338. The Labute approximate surface area is 107 Å². The molecule has 0 aliphatic carbocycles. The minimum absolute atomic E-state index is 0.123. The Morgan fingerprint density at radius 1 is 1.35 bits per heavy atom. The third kappa shape index (κ3) is 6.22. The number of phenolic OH excluding ortho intramolecular Hbond substituents is 1. The van der Waals surface area contributed by atoms with E-state index in [0.29, 0.717) is 13.0 Å². The van der Waals surface area contributed by atoms with Crippen molar-refractivity contribution in [2.75, 3.05) is 18.6 Å². The van der Waals surface area contributed by atoms with Crippen LogP contribution in [0.15, 0.2) is 24.3 Å². The van der Waals surface area contributed by atoms with Crippen LogP contribution in [0.4, 0.5) is 0 Å². The highest BCUT2D eigenvalue weighted by Gasteiger charge is 2.00. The van der Waals surface area contributed by atoms with Crippen molar-refractivity contribution in [1.82, 2.24) is 5.32 Å². The van der Waals surface area contributed by atoms with Gasteiger partial charge in [0.05, 0.1) is 0 Å². The fourth-order valence-electron chi connectivity index (χ4n) is 1.47. The van der Waals surface area contributed by atoms with Gasteiger partial charge in [-0.1, -0.05) is 12.1 Å². The molecule has 1 aromatic rings. The second-order valence-corrected chi connectivity index (χ2v) is 4.85. The maximum atomic E-state index is 11.4. The summed E-state index contributed by atoms with van der Waals surface area (Å²) >= 11 is 1.76. The molecule has 0 aromatic heterocycles. The molecule has 0 bridgehead atoms. The van der Waals surface area contributed by atoms with Gasteiger partial charge in [-0.25, -0.2) is 0 Å². The average molecular weight is 253 g/mol. The third-order valence-corrected chi connectivity index (χ3v) is 3.12. The number of nitrogens with one attached hydrogen (secondary N) is 1. The van der Waals surface area contributed by atoms with Gasteiger partial charge in [-0.05, 0) is 42.5 Å². The molecule has 0 spiro atoms. The summed E-state index contributed by atoms with van der Waals surface area (Å²) in [6, 6.07) is 7.07. The van der Waals surface area contributed by atoms with Crippen molar-refractivity contribution >= 4 is 17.7 Å². The Kier molecular flexibility index (Phi) is 6.55. The number of carbonyl (C=O) groups is 1. The van der Waals surface area contributed by atoms with E-state index in [2.05, 4.69) is 5.32 Å². The molecule has 0 heterocycles. The zero-order valence-corrected chi connectivity index (χ0v) is 10.9. The van der Waals surface area contributed by atoms with Gasteiger partial charge in [0.1, 0.15) is 5.75 Å². The number of thioether (sulfide) groups is 1. The lowest BCUT2D eigenvalue weighted by Crippen LogP contribution is -2.25. The van der Waals surface area contributed by atoms with Crippen LogP contribution in [-0.2, 0) is 11.2 Å². The molecule has 0 aliphatic rings. The fourth-order valence-corrected chi connectivity index (χ4v) is 1.91. The van der Waals surface area contributed by atoms with Gasteiger partial charge >= 0.3 is 0 Å². The zero-order valence-electron chi connectivity index (χ0n) is 10.1. The van der Waals surface area contributed by atoms with E-state index in [-0.39, 0.29) is 11.7 Å². The molecule has 17 heavy (non-hydrogen) atoms. The highest BCUT2D eigenvalue weighted by molar-refractivity contribution is 7.98. The second kappa shape index (κ2) is 8.01. The van der Waals surface area contributed by atoms with Gasteiger partial charge in [0, 0.05) is 13.0 Å². The van der Waals surface area contributed by atoms with E-state index in [1.54, 1.807) is 23.9 Å². The molecule has 0 atom stereocenters. The van der Waals surface area contributed by atoms with Crippen molar-refractivity contribution in [1.29, 1.82) is 0 Å². The average Bonchev–Trinajstić information content (AvgIpc) is 2.32. The first-order valence-electron chi connectivity index (χ1n) is 5.76. The summed E-state index contributed by atoms with van der Waals surface area (Å²) in [4.78, 5) is 11.4. The molecule has 0 aliphatic heterocycles. The van der Waals surface area contributed by atoms with Gasteiger partial charge in [-0.15, -0.1) is 0 Å². The monoisotopic (exact) mass is 253 g/mol. The summed E-state index contributed by atoms with van der Waals surface area (Å²) in [6.45, 7) is 0.656. The van der Waals surface area contributed by atoms with Crippen molar-refractivity contribution in [2.24, 2.45) is 0 Å². The molecule has 4 heteroatoms. The van der Waals surface area contributed by atoms with E-state index in [1.165, 1.54) is 0 Å². The fraction of sp³-hybridized carbons (Fsp3) is 0.462. The van der Waals surface area contributed by atoms with Gasteiger partial charge in [0.15, 0.2) is 0 Å². The van der Waals surface area contributed by atoms with E-state index in [9.17, 15) is 4.79 Å². The topological polar surface area (TPSA) is 49.3 Å². The van der Waals surface area contributed by atoms with Crippen LogP contribution in [0, 0.1) is 0 Å². The quantitative estimate of drug-likeness (QED) is 0.732. The molecule has 1 amide bonds. The number of carbonyl (C=O) groups excluding carboxylic acids is 1. The maximum absolute atomic E-state index is 11.4. The predicted octanol–water partition coefficient (Wildman–Crippen LogP) is 2.19. The Balaban J connectivity index is 2.14. The van der Waals surface area contributed by atoms with Crippen molar-refractivity contribution in [2.45, 2.75) is 19.3 Å². The summed E-state index contributed by atoms with van der Waals surface area (Å²) in [7, 11) is 0. The summed E-state index contributed by atoms with van der Waals surface area (Å²) < 4.78 is 0. The van der Waals surface area contributed by atoms with Crippen LogP contribution >= 0.6 is 11.8 Å². The van der Waals surface area contributed by atoms with E-state index in [1.807, 2.05) is 18.4 Å². The normalized spacial score (nSPS) is 10.2. The second-order valence-electron chi connectivity index (χ2n) is 3.86. The number of hydrogen-bond acceptors (Lipinski definition) is 3. The van der Waals surface area contributed by atoms with Crippen LogP contribution in [0.1, 0.15) is 18.4 Å². The smallest absolute Gasteiger partial charge is 0.220 e. The SMILES string of the molecule is CSCCCC(=O)NCCc1ccc(O)cc1. The molecule has 0 unspecified atom stereocenters. The minimum Gasteiger partial charge on any atom is -0.508 e. The molecular weight excluding hydrogens is 234 g/mol. The van der Waals surface area contributed by atoms with Crippen molar-refractivity contribution in [3.8, 4) is 5.75 Å². The molecule has 1 rings (SSSR count). The first kappa shape index (κ1) is 13.9. The van der Waals surface area contributed by atoms with Crippen LogP contribution in [-0.4, -0.2) is 29.6 Å². The predicted molar refractivity (Wildman–Crippen MR) is 72.4 cm³/mol. The number of rotatable bonds is 7. The molecule has 0 radical (unpaired) electrons.